The van der Waals surface area contributed by atoms with E-state index in [1.54, 1.807) is 0 Å². The Hall–Kier alpha value is -0.850. The molecule has 1 nitrogen and oxygen atoms in total. The van der Waals surface area contributed by atoms with Crippen LogP contribution in [0.4, 0.5) is 0 Å². The monoisotopic (exact) mass is 151 g/mol. The average molecular weight is 151 g/mol. The lowest BCUT2D eigenvalue weighted by Gasteiger charge is -1.99. The molecule has 0 heterocycles. The van der Waals surface area contributed by atoms with Crippen LogP contribution in [0, 0.1) is 5.41 Å². The minimum atomic E-state index is 0.728. The molecule has 0 aromatic heterocycles. The van der Waals surface area contributed by atoms with Crippen molar-refractivity contribution in [2.75, 3.05) is 0 Å². The first-order valence-corrected chi connectivity index (χ1v) is 4.00. The van der Waals surface area contributed by atoms with Crippen molar-refractivity contribution >= 4 is 5.71 Å². The Balaban J connectivity index is 4.34. The van der Waals surface area contributed by atoms with E-state index >= 15 is 0 Å². The quantitative estimate of drug-likeness (QED) is 0.472. The molecule has 1 heteroatoms. The van der Waals surface area contributed by atoms with Gasteiger partial charge in [-0.3, -0.25) is 0 Å². The third-order valence-electron chi connectivity index (χ3n) is 1.73. The summed E-state index contributed by atoms with van der Waals surface area (Å²) in [6.07, 6.45) is 4.91. The fourth-order valence-electron chi connectivity index (χ4n) is 0.791. The van der Waals surface area contributed by atoms with Crippen molar-refractivity contribution < 1.29 is 0 Å². The predicted octanol–water partition coefficient (Wildman–Crippen LogP) is 3.33. The number of rotatable bonds is 3. The van der Waals surface area contributed by atoms with E-state index in [1.165, 1.54) is 5.57 Å². The summed E-state index contributed by atoms with van der Waals surface area (Å²) in [5.74, 6) is 0. The van der Waals surface area contributed by atoms with Gasteiger partial charge in [-0.1, -0.05) is 24.6 Å². The van der Waals surface area contributed by atoms with E-state index in [0.29, 0.717) is 0 Å². The van der Waals surface area contributed by atoms with Gasteiger partial charge in [-0.05, 0) is 32.8 Å². The normalized spacial score (nSPS) is 13.5. The van der Waals surface area contributed by atoms with Gasteiger partial charge < -0.3 is 5.41 Å². The maximum absolute atomic E-state index is 7.52. The summed E-state index contributed by atoms with van der Waals surface area (Å²) in [5, 5.41) is 7.52. The molecule has 0 radical (unpaired) electrons. The molecule has 0 aliphatic rings. The molecule has 0 saturated carbocycles. The van der Waals surface area contributed by atoms with Gasteiger partial charge in [0.1, 0.15) is 0 Å². The van der Waals surface area contributed by atoms with E-state index in [0.717, 1.165) is 17.7 Å². The van der Waals surface area contributed by atoms with Crippen LogP contribution in [0.3, 0.4) is 0 Å². The highest BCUT2D eigenvalue weighted by molar-refractivity contribution is 5.97. The Labute approximate surface area is 69.3 Å². The third-order valence-corrected chi connectivity index (χ3v) is 1.73. The second-order valence-corrected chi connectivity index (χ2v) is 2.69. The van der Waals surface area contributed by atoms with Gasteiger partial charge in [-0.2, -0.15) is 0 Å². The molecule has 0 bridgehead atoms. The maximum Gasteiger partial charge on any atom is 0.0340 e. The number of nitrogens with one attached hydrogen (secondary N) is 1. The molecule has 0 saturated heterocycles. The molecule has 0 aromatic rings. The Morgan fingerprint density at radius 1 is 1.36 bits per heavy atom. The molecule has 0 aromatic carbocycles. The predicted molar refractivity (Wildman–Crippen MR) is 51.2 cm³/mol. The zero-order chi connectivity index (χ0) is 8.85. The Morgan fingerprint density at radius 3 is 2.27 bits per heavy atom. The molecule has 11 heavy (non-hydrogen) atoms. The first-order valence-electron chi connectivity index (χ1n) is 4.00. The summed E-state index contributed by atoms with van der Waals surface area (Å²) in [6.45, 7) is 8.05. The zero-order valence-electron chi connectivity index (χ0n) is 7.86. The van der Waals surface area contributed by atoms with Crippen LogP contribution < -0.4 is 0 Å². The van der Waals surface area contributed by atoms with Gasteiger partial charge in [0.05, 0.1) is 0 Å². The van der Waals surface area contributed by atoms with Gasteiger partial charge in [0, 0.05) is 5.71 Å². The van der Waals surface area contributed by atoms with Crippen molar-refractivity contribution in [3.63, 3.8) is 0 Å². The van der Waals surface area contributed by atoms with Gasteiger partial charge in [-0.25, -0.2) is 0 Å². The van der Waals surface area contributed by atoms with Crippen molar-refractivity contribution in [1.29, 1.82) is 5.41 Å². The van der Waals surface area contributed by atoms with Crippen molar-refractivity contribution in [3.05, 3.63) is 23.3 Å². The summed E-state index contributed by atoms with van der Waals surface area (Å²) < 4.78 is 0. The van der Waals surface area contributed by atoms with Gasteiger partial charge in [0.15, 0.2) is 0 Å². The summed E-state index contributed by atoms with van der Waals surface area (Å²) in [6, 6.07) is 0. The highest BCUT2D eigenvalue weighted by atomic mass is 14.4. The fraction of sp³-hybridized carbons (Fsp3) is 0.500. The zero-order valence-corrected chi connectivity index (χ0v) is 7.86. The highest BCUT2D eigenvalue weighted by Crippen LogP contribution is 2.04. The van der Waals surface area contributed by atoms with Gasteiger partial charge in [-0.15, -0.1) is 0 Å². The SMILES string of the molecule is C/C=C(C)\C=C(\C)C(=N)CC. The van der Waals surface area contributed by atoms with E-state index < -0.39 is 0 Å². The Morgan fingerprint density at radius 2 is 1.91 bits per heavy atom. The van der Waals surface area contributed by atoms with Crippen molar-refractivity contribution in [2.24, 2.45) is 0 Å². The van der Waals surface area contributed by atoms with Gasteiger partial charge in [0.2, 0.25) is 0 Å². The van der Waals surface area contributed by atoms with E-state index in [1.807, 2.05) is 39.8 Å². The van der Waals surface area contributed by atoms with E-state index in [-0.39, 0.29) is 0 Å². The average Bonchev–Trinajstić information content (AvgIpc) is 2.02. The molecule has 0 rings (SSSR count). The van der Waals surface area contributed by atoms with Crippen LogP contribution in [-0.4, -0.2) is 5.71 Å². The van der Waals surface area contributed by atoms with Crippen LogP contribution in [0.1, 0.15) is 34.1 Å². The van der Waals surface area contributed by atoms with Crippen molar-refractivity contribution in [3.8, 4) is 0 Å². The van der Waals surface area contributed by atoms with E-state index in [2.05, 4.69) is 0 Å². The van der Waals surface area contributed by atoms with Crippen molar-refractivity contribution in [1.82, 2.24) is 0 Å². The van der Waals surface area contributed by atoms with Crippen LogP contribution in [0.25, 0.3) is 0 Å². The molecule has 0 aliphatic carbocycles. The highest BCUT2D eigenvalue weighted by Gasteiger charge is 1.94. The molecule has 62 valence electrons. The van der Waals surface area contributed by atoms with Crippen LogP contribution in [0.2, 0.25) is 0 Å². The van der Waals surface area contributed by atoms with Crippen LogP contribution in [0.5, 0.6) is 0 Å². The lowest BCUT2D eigenvalue weighted by molar-refractivity contribution is 1.22. The van der Waals surface area contributed by atoms with Gasteiger partial charge in [0.25, 0.3) is 0 Å². The van der Waals surface area contributed by atoms with E-state index in [4.69, 9.17) is 5.41 Å². The van der Waals surface area contributed by atoms with Gasteiger partial charge >= 0.3 is 0 Å². The molecule has 0 atom stereocenters. The topological polar surface area (TPSA) is 23.9 Å². The summed E-state index contributed by atoms with van der Waals surface area (Å²) in [7, 11) is 0. The Bertz CT molecular complexity index is 197. The number of allylic oxidation sites excluding steroid dienone is 4. The summed E-state index contributed by atoms with van der Waals surface area (Å²) in [4.78, 5) is 0. The maximum atomic E-state index is 7.52. The second kappa shape index (κ2) is 4.89. The molecular weight excluding hydrogens is 134 g/mol. The molecule has 1 N–H and O–H groups in total. The third kappa shape index (κ3) is 3.76. The summed E-state index contributed by atoms with van der Waals surface area (Å²) in [5.41, 5.74) is 3.02. The lowest BCUT2D eigenvalue weighted by atomic mass is 10.1. The lowest BCUT2D eigenvalue weighted by Crippen LogP contribution is -1.94. The molecule has 0 fully saturated rings. The van der Waals surface area contributed by atoms with Crippen LogP contribution in [0.15, 0.2) is 23.3 Å². The minimum absolute atomic E-state index is 0.728. The number of hydrogen-bond acceptors (Lipinski definition) is 1. The van der Waals surface area contributed by atoms with Crippen LogP contribution in [-0.2, 0) is 0 Å². The largest absolute Gasteiger partial charge is 0.305 e. The van der Waals surface area contributed by atoms with E-state index in [9.17, 15) is 0 Å². The summed E-state index contributed by atoms with van der Waals surface area (Å²) >= 11 is 0. The number of hydrogen-bond donors (Lipinski definition) is 1. The fourth-order valence-corrected chi connectivity index (χ4v) is 0.791. The smallest absolute Gasteiger partial charge is 0.0340 e. The molecular formula is C10H17N. The molecule has 0 amide bonds. The first kappa shape index (κ1) is 10.2. The molecule has 0 unspecified atom stereocenters. The molecule has 0 aliphatic heterocycles. The minimum Gasteiger partial charge on any atom is -0.305 e. The Kier molecular flexibility index (Phi) is 4.51. The standard InChI is InChI=1S/C10H17N/c1-5-8(3)7-9(4)10(11)6-2/h5,7,11H,6H2,1-4H3/b8-5-,9-7-,11-10?. The first-order chi connectivity index (χ1) is 5.11. The molecule has 0 spiro atoms. The van der Waals surface area contributed by atoms with Crippen LogP contribution >= 0.6 is 0 Å². The van der Waals surface area contributed by atoms with Crippen molar-refractivity contribution in [2.45, 2.75) is 34.1 Å². The second-order valence-electron chi connectivity index (χ2n) is 2.69.